The van der Waals surface area contributed by atoms with Crippen LogP contribution in [0, 0.1) is 0 Å². The second-order valence-electron chi connectivity index (χ2n) is 4.63. The molecular formula is C17H18O4. The summed E-state index contributed by atoms with van der Waals surface area (Å²) >= 11 is 0. The molecule has 0 aliphatic carbocycles. The van der Waals surface area contributed by atoms with E-state index in [9.17, 15) is 9.90 Å². The molecule has 0 radical (unpaired) electrons. The fourth-order valence-electron chi connectivity index (χ4n) is 1.99. The first-order chi connectivity index (χ1) is 10.2. The normalized spacial score (nSPS) is 11.7. The van der Waals surface area contributed by atoms with E-state index in [0.717, 1.165) is 11.1 Å². The zero-order valence-corrected chi connectivity index (χ0v) is 11.9. The molecule has 4 heteroatoms. The third-order valence-corrected chi connectivity index (χ3v) is 3.10. The number of methoxy groups -OCH3 is 1. The highest BCUT2D eigenvalue weighted by Gasteiger charge is 2.19. The van der Waals surface area contributed by atoms with E-state index in [0.29, 0.717) is 5.75 Å². The summed E-state index contributed by atoms with van der Waals surface area (Å²) < 4.78 is 10.3. The van der Waals surface area contributed by atoms with Crippen molar-refractivity contribution in [2.75, 3.05) is 7.11 Å². The summed E-state index contributed by atoms with van der Waals surface area (Å²) in [6.45, 7) is 0.155. The molecule has 4 nitrogen and oxygen atoms in total. The fourth-order valence-corrected chi connectivity index (χ4v) is 1.99. The summed E-state index contributed by atoms with van der Waals surface area (Å²) in [5.41, 5.74) is 1.65. The van der Waals surface area contributed by atoms with Crippen molar-refractivity contribution in [1.29, 1.82) is 0 Å². The molecule has 2 aromatic rings. The lowest BCUT2D eigenvalue weighted by atomic mass is 10.1. The zero-order chi connectivity index (χ0) is 15.1. The van der Waals surface area contributed by atoms with E-state index >= 15 is 0 Å². The number of aliphatic hydroxyl groups is 1. The Labute approximate surface area is 123 Å². The van der Waals surface area contributed by atoms with E-state index in [1.807, 2.05) is 48.5 Å². The van der Waals surface area contributed by atoms with Crippen LogP contribution in [0.25, 0.3) is 0 Å². The molecule has 0 spiro atoms. The van der Waals surface area contributed by atoms with Crippen molar-refractivity contribution in [1.82, 2.24) is 0 Å². The number of ether oxygens (including phenoxy) is 2. The molecule has 0 aliphatic rings. The van der Waals surface area contributed by atoms with Crippen molar-refractivity contribution in [2.24, 2.45) is 0 Å². The molecule has 0 aromatic heterocycles. The summed E-state index contributed by atoms with van der Waals surface area (Å²) in [6, 6.07) is 16.6. The number of carbonyl (C=O) groups excluding carboxylic acids is 1. The highest BCUT2D eigenvalue weighted by atomic mass is 16.5. The number of para-hydroxylation sites is 1. The molecule has 2 aromatic carbocycles. The Balaban J connectivity index is 1.90. The van der Waals surface area contributed by atoms with Gasteiger partial charge in [-0.1, -0.05) is 48.5 Å². The van der Waals surface area contributed by atoms with Crippen LogP contribution in [0.15, 0.2) is 54.6 Å². The summed E-state index contributed by atoms with van der Waals surface area (Å²) in [4.78, 5) is 11.8. The number of rotatable bonds is 6. The summed E-state index contributed by atoms with van der Waals surface area (Å²) in [7, 11) is 1.55. The maximum atomic E-state index is 11.8. The Kier molecular flexibility index (Phi) is 5.35. The van der Waals surface area contributed by atoms with Gasteiger partial charge in [0.15, 0.2) is 6.10 Å². The molecular weight excluding hydrogens is 268 g/mol. The van der Waals surface area contributed by atoms with Crippen LogP contribution >= 0.6 is 0 Å². The first kappa shape index (κ1) is 15.1. The van der Waals surface area contributed by atoms with Crippen LogP contribution in [0.5, 0.6) is 5.75 Å². The first-order valence-electron chi connectivity index (χ1n) is 6.71. The molecule has 21 heavy (non-hydrogen) atoms. The maximum absolute atomic E-state index is 11.8. The lowest BCUT2D eigenvalue weighted by Crippen LogP contribution is -2.25. The van der Waals surface area contributed by atoms with Gasteiger partial charge in [-0.15, -0.1) is 0 Å². The van der Waals surface area contributed by atoms with Crippen LogP contribution in [-0.4, -0.2) is 24.3 Å². The summed E-state index contributed by atoms with van der Waals surface area (Å²) in [6.07, 6.45) is -1.04. The average Bonchev–Trinajstić information content (AvgIpc) is 2.54. The molecule has 2 rings (SSSR count). The van der Waals surface area contributed by atoms with Gasteiger partial charge in [-0.05, 0) is 17.2 Å². The van der Waals surface area contributed by atoms with Crippen LogP contribution in [0.3, 0.4) is 0 Å². The highest BCUT2D eigenvalue weighted by molar-refractivity contribution is 5.75. The van der Waals surface area contributed by atoms with Gasteiger partial charge in [0.05, 0.1) is 7.11 Å². The van der Waals surface area contributed by atoms with Gasteiger partial charge in [0.1, 0.15) is 12.4 Å². The molecule has 0 saturated carbocycles. The first-order valence-corrected chi connectivity index (χ1v) is 6.71. The van der Waals surface area contributed by atoms with Crippen LogP contribution in [0.2, 0.25) is 0 Å². The van der Waals surface area contributed by atoms with Crippen LogP contribution in [-0.2, 0) is 22.6 Å². The second-order valence-corrected chi connectivity index (χ2v) is 4.63. The van der Waals surface area contributed by atoms with Crippen molar-refractivity contribution < 1.29 is 19.4 Å². The predicted molar refractivity (Wildman–Crippen MR) is 78.9 cm³/mol. The minimum Gasteiger partial charge on any atom is -0.496 e. The minimum absolute atomic E-state index is 0.155. The Bertz CT molecular complexity index is 580. The molecule has 1 atom stereocenters. The standard InChI is InChI=1S/C17H18O4/c1-20-16-10-6-5-9-14(16)11-15(18)17(19)21-12-13-7-3-2-4-8-13/h2-10,15,18H,11-12H2,1H3/t15-/m1/s1. The van der Waals surface area contributed by atoms with E-state index in [1.54, 1.807) is 13.2 Å². The molecule has 0 fully saturated rings. The molecule has 0 heterocycles. The predicted octanol–water partition coefficient (Wildman–Crippen LogP) is 2.34. The molecule has 0 saturated heterocycles. The summed E-state index contributed by atoms with van der Waals surface area (Å²) in [5, 5.41) is 9.94. The molecule has 0 bridgehead atoms. The number of aliphatic hydroxyl groups excluding tert-OH is 1. The van der Waals surface area contributed by atoms with Crippen molar-refractivity contribution in [3.05, 3.63) is 65.7 Å². The van der Waals surface area contributed by atoms with Crippen LogP contribution in [0.1, 0.15) is 11.1 Å². The maximum Gasteiger partial charge on any atom is 0.335 e. The number of benzene rings is 2. The summed E-state index contributed by atoms with van der Waals surface area (Å²) in [5.74, 6) is 0.0113. The van der Waals surface area contributed by atoms with Gasteiger partial charge in [-0.25, -0.2) is 4.79 Å². The Morgan fingerprint density at radius 1 is 1.10 bits per heavy atom. The Hall–Kier alpha value is -2.33. The number of hydrogen-bond acceptors (Lipinski definition) is 4. The van der Waals surface area contributed by atoms with E-state index in [1.165, 1.54) is 0 Å². The largest absolute Gasteiger partial charge is 0.496 e. The van der Waals surface area contributed by atoms with Gasteiger partial charge < -0.3 is 14.6 Å². The Morgan fingerprint density at radius 3 is 2.48 bits per heavy atom. The molecule has 0 unspecified atom stereocenters. The molecule has 0 amide bonds. The van der Waals surface area contributed by atoms with Gasteiger partial charge in [0.2, 0.25) is 0 Å². The third-order valence-electron chi connectivity index (χ3n) is 3.10. The Morgan fingerprint density at radius 2 is 1.76 bits per heavy atom. The molecule has 1 N–H and O–H groups in total. The lowest BCUT2D eigenvalue weighted by molar-refractivity contribution is -0.154. The van der Waals surface area contributed by atoms with Crippen molar-refractivity contribution in [3.8, 4) is 5.75 Å². The van der Waals surface area contributed by atoms with Gasteiger partial charge in [-0.3, -0.25) is 0 Å². The minimum atomic E-state index is -1.20. The third kappa shape index (κ3) is 4.33. The highest BCUT2D eigenvalue weighted by Crippen LogP contribution is 2.19. The van der Waals surface area contributed by atoms with Crippen molar-refractivity contribution in [3.63, 3.8) is 0 Å². The van der Waals surface area contributed by atoms with E-state index < -0.39 is 12.1 Å². The zero-order valence-electron chi connectivity index (χ0n) is 11.9. The van der Waals surface area contributed by atoms with E-state index in [-0.39, 0.29) is 13.0 Å². The SMILES string of the molecule is COc1ccccc1C[C@@H](O)C(=O)OCc1ccccc1. The quantitative estimate of drug-likeness (QED) is 0.828. The average molecular weight is 286 g/mol. The van der Waals surface area contributed by atoms with E-state index in [4.69, 9.17) is 9.47 Å². The number of hydrogen-bond donors (Lipinski definition) is 1. The monoisotopic (exact) mass is 286 g/mol. The molecule has 0 aliphatic heterocycles. The van der Waals surface area contributed by atoms with Crippen LogP contribution < -0.4 is 4.74 Å². The molecule has 110 valence electrons. The van der Waals surface area contributed by atoms with Gasteiger partial charge in [0.25, 0.3) is 0 Å². The smallest absolute Gasteiger partial charge is 0.335 e. The number of esters is 1. The van der Waals surface area contributed by atoms with Crippen molar-refractivity contribution in [2.45, 2.75) is 19.1 Å². The fraction of sp³-hybridized carbons (Fsp3) is 0.235. The lowest BCUT2D eigenvalue weighted by Gasteiger charge is -2.13. The van der Waals surface area contributed by atoms with Gasteiger partial charge in [0, 0.05) is 6.42 Å². The topological polar surface area (TPSA) is 55.8 Å². The van der Waals surface area contributed by atoms with Gasteiger partial charge in [-0.2, -0.15) is 0 Å². The van der Waals surface area contributed by atoms with Crippen molar-refractivity contribution >= 4 is 5.97 Å². The van der Waals surface area contributed by atoms with Gasteiger partial charge >= 0.3 is 5.97 Å². The number of carbonyl (C=O) groups is 1. The second kappa shape index (κ2) is 7.45. The van der Waals surface area contributed by atoms with Crippen LogP contribution in [0.4, 0.5) is 0 Å². The van der Waals surface area contributed by atoms with E-state index in [2.05, 4.69) is 0 Å².